The lowest BCUT2D eigenvalue weighted by Crippen LogP contribution is -2.60. The zero-order chi connectivity index (χ0) is 35.6. The Labute approximate surface area is 277 Å². The molecule has 0 radical (unpaired) electrons. The molecule has 0 amide bonds. The maximum Gasteiger partial charge on any atom is 0.306 e. The molecule has 0 saturated carbocycles. The van der Waals surface area contributed by atoms with Crippen molar-refractivity contribution >= 4 is 18.0 Å². The van der Waals surface area contributed by atoms with E-state index in [4.69, 9.17) is 28.8 Å². The molecule has 0 aromatic heterocycles. The van der Waals surface area contributed by atoms with E-state index in [1.807, 2.05) is 0 Å². The van der Waals surface area contributed by atoms with E-state index in [2.05, 4.69) is 4.74 Å². The van der Waals surface area contributed by atoms with Gasteiger partial charge in [0.25, 0.3) is 11.9 Å². The Hall–Kier alpha value is -4.24. The summed E-state index contributed by atoms with van der Waals surface area (Å²) in [5.74, 6) is -2.66. The molecule has 18 nitrogen and oxygen atoms in total. The van der Waals surface area contributed by atoms with Gasteiger partial charge in [-0.05, 0) is 24.3 Å². The zero-order valence-corrected chi connectivity index (χ0v) is 25.5. The Morgan fingerprint density at radius 1 is 0.755 bits per heavy atom. The summed E-state index contributed by atoms with van der Waals surface area (Å²) in [6, 6.07) is 8.17. The van der Waals surface area contributed by atoms with Gasteiger partial charge in [0.05, 0.1) is 31.1 Å². The van der Waals surface area contributed by atoms with Crippen LogP contribution < -0.4 is 4.74 Å². The standard InChI is InChI=1S/C31H36O18/c32-10-19-23(38)25(40)27(42)30(48-19)46-17-8-14(34)7-16-15(17)9-18(29(45-16)12-1-3-13(33)4-2-12)47-31-28(43)26(41)24(39)20(49-31)11-44-22(37)6-5-21(35)36/h1-4,7-9,19-20,23-34,38-43H,5-6,10-11H2,(H,35,36)/p+1. The summed E-state index contributed by atoms with van der Waals surface area (Å²) >= 11 is 0. The molecule has 0 aliphatic carbocycles. The molecule has 2 aromatic carbocycles. The average molecular weight is 698 g/mol. The molecule has 2 fully saturated rings. The first-order valence-corrected chi connectivity index (χ1v) is 15.1. The number of aliphatic hydroxyl groups is 8. The van der Waals surface area contributed by atoms with Crippen LogP contribution in [0.25, 0.3) is 6.08 Å². The van der Waals surface area contributed by atoms with Gasteiger partial charge in [-0.2, -0.15) is 0 Å². The summed E-state index contributed by atoms with van der Waals surface area (Å²) in [7, 11) is 0. The van der Waals surface area contributed by atoms with Gasteiger partial charge in [0.1, 0.15) is 78.3 Å². The zero-order valence-electron chi connectivity index (χ0n) is 25.5. The number of aromatic hydroxyl groups is 3. The highest BCUT2D eigenvalue weighted by Gasteiger charge is 2.48. The van der Waals surface area contributed by atoms with Crippen LogP contribution in [-0.4, -0.2) is 142 Å². The summed E-state index contributed by atoms with van der Waals surface area (Å²) in [6.07, 6.45) is -17.4. The quantitative estimate of drug-likeness (QED) is 0.0884. The number of benzene rings is 2. The monoisotopic (exact) mass is 697 g/mol. The lowest BCUT2D eigenvalue weighted by molar-refractivity contribution is -0.296. The lowest BCUT2D eigenvalue weighted by Gasteiger charge is -2.41. The number of carbonyl (C=O) groups is 2. The number of fused-ring (bicyclic) bond motifs is 1. The second-order valence-corrected chi connectivity index (χ2v) is 11.6. The third kappa shape index (κ3) is 7.99. The summed E-state index contributed by atoms with van der Waals surface area (Å²) in [5.41, 5.74) is 0.554. The largest absolute Gasteiger partial charge is 0.571 e. The van der Waals surface area contributed by atoms with Crippen LogP contribution in [0, 0.1) is 0 Å². The Bertz CT molecular complexity index is 1510. The van der Waals surface area contributed by atoms with Crippen LogP contribution in [0.3, 0.4) is 0 Å². The van der Waals surface area contributed by atoms with Crippen LogP contribution in [0.2, 0.25) is 0 Å². The maximum atomic E-state index is 12.0. The summed E-state index contributed by atoms with van der Waals surface area (Å²) in [6.45, 7) is -1.36. The fourth-order valence-corrected chi connectivity index (χ4v) is 5.40. The Kier molecular flexibility index (Phi) is 11.1. The lowest BCUT2D eigenvalue weighted by atomic mass is 9.98. The van der Waals surface area contributed by atoms with Crippen molar-refractivity contribution < 1.29 is 89.1 Å². The number of hydrogen-bond donors (Lipinski definition) is 10. The van der Waals surface area contributed by atoms with E-state index in [-0.39, 0.29) is 34.3 Å². The van der Waals surface area contributed by atoms with Crippen molar-refractivity contribution in [2.24, 2.45) is 0 Å². The second kappa shape index (κ2) is 15.1. The SMILES string of the molecule is O=C(O)CCC(=O)OCC1OC(OC2=Cc3c(OC4OC(CO)C(O)C(O)C4O)cc(O)cc3[OH+]C2c2ccc(O)cc2)C(O)C(O)C1O. The summed E-state index contributed by atoms with van der Waals surface area (Å²) in [5, 5.41) is 102. The predicted octanol–water partition coefficient (Wildman–Crippen LogP) is -2.15. The number of carboxylic acids is 1. The van der Waals surface area contributed by atoms with Gasteiger partial charge in [-0.1, -0.05) is 0 Å². The van der Waals surface area contributed by atoms with Crippen molar-refractivity contribution in [3.05, 3.63) is 53.3 Å². The van der Waals surface area contributed by atoms with Crippen molar-refractivity contribution in [3.8, 4) is 23.0 Å². The van der Waals surface area contributed by atoms with Crippen molar-refractivity contribution in [3.63, 3.8) is 0 Å². The van der Waals surface area contributed by atoms with Crippen LogP contribution in [0.5, 0.6) is 23.0 Å². The molecule has 49 heavy (non-hydrogen) atoms. The Morgan fingerprint density at radius 3 is 2.00 bits per heavy atom. The van der Waals surface area contributed by atoms with E-state index < -0.39 is 106 Å². The van der Waals surface area contributed by atoms with Gasteiger partial charge in [-0.25, -0.2) is 0 Å². The molecule has 2 aromatic rings. The van der Waals surface area contributed by atoms with Crippen LogP contribution in [0.15, 0.2) is 42.2 Å². The molecule has 11 atom stereocenters. The van der Waals surface area contributed by atoms with E-state index in [1.165, 1.54) is 36.4 Å². The molecular formula is C31H37O18+. The molecule has 3 heterocycles. The third-order valence-corrected chi connectivity index (χ3v) is 8.10. The van der Waals surface area contributed by atoms with Crippen molar-refractivity contribution in [1.29, 1.82) is 0 Å². The second-order valence-electron chi connectivity index (χ2n) is 11.6. The Morgan fingerprint density at radius 2 is 1.37 bits per heavy atom. The van der Waals surface area contributed by atoms with E-state index in [0.717, 1.165) is 6.07 Å². The molecule has 11 N–H and O–H groups in total. The number of aliphatic hydroxyl groups excluding tert-OH is 7. The number of phenolic OH excluding ortho intramolecular Hbond substituents is 2. The molecule has 2 saturated heterocycles. The van der Waals surface area contributed by atoms with Crippen LogP contribution >= 0.6 is 0 Å². The number of rotatable bonds is 11. The van der Waals surface area contributed by atoms with Gasteiger partial charge in [-0.3, -0.25) is 9.59 Å². The van der Waals surface area contributed by atoms with Crippen LogP contribution in [-0.2, 0) is 28.5 Å². The smallest absolute Gasteiger partial charge is 0.306 e. The van der Waals surface area contributed by atoms with Gasteiger partial charge < -0.3 is 79.5 Å². The van der Waals surface area contributed by atoms with E-state index in [0.29, 0.717) is 5.56 Å². The number of ether oxygens (including phenoxy) is 6. The molecule has 3 aliphatic rings. The van der Waals surface area contributed by atoms with Gasteiger partial charge >= 0.3 is 11.9 Å². The van der Waals surface area contributed by atoms with Crippen LogP contribution in [0.1, 0.15) is 30.1 Å². The van der Waals surface area contributed by atoms with Gasteiger partial charge in [0, 0.05) is 12.1 Å². The van der Waals surface area contributed by atoms with E-state index >= 15 is 0 Å². The first kappa shape index (κ1) is 36.1. The minimum Gasteiger partial charge on any atom is -0.571 e. The molecule has 11 unspecified atom stereocenters. The first-order valence-electron chi connectivity index (χ1n) is 15.1. The number of hydrogen-bond acceptors (Lipinski definition) is 16. The molecule has 0 bridgehead atoms. The number of carbonyl (C=O) groups excluding carboxylic acids is 1. The minimum atomic E-state index is -1.86. The highest BCUT2D eigenvalue weighted by molar-refractivity contribution is 5.76. The van der Waals surface area contributed by atoms with Gasteiger partial charge in [0.15, 0.2) is 5.76 Å². The predicted molar refractivity (Wildman–Crippen MR) is 159 cm³/mol. The average Bonchev–Trinajstić information content (AvgIpc) is 3.07. The molecular weight excluding hydrogens is 660 g/mol. The number of carboxylic acid groups (broad SMARTS) is 1. The molecule has 5 rings (SSSR count). The molecule has 18 heteroatoms. The van der Waals surface area contributed by atoms with Crippen LogP contribution in [0.4, 0.5) is 0 Å². The van der Waals surface area contributed by atoms with E-state index in [9.17, 15) is 55.5 Å². The van der Waals surface area contributed by atoms with E-state index in [1.54, 1.807) is 0 Å². The number of phenols is 2. The summed E-state index contributed by atoms with van der Waals surface area (Å²) in [4.78, 5) is 22.7. The summed E-state index contributed by atoms with van der Waals surface area (Å²) < 4.78 is 32.6. The normalized spacial score (nSPS) is 32.6. The first-order chi connectivity index (χ1) is 23.3. The third-order valence-electron chi connectivity index (χ3n) is 8.10. The molecule has 3 aliphatic heterocycles. The fraction of sp³-hybridized carbons (Fsp3) is 0.484. The topological polar surface area (TPSA) is 295 Å². The van der Waals surface area contributed by atoms with Crippen molar-refractivity contribution in [2.75, 3.05) is 13.2 Å². The highest BCUT2D eigenvalue weighted by Crippen LogP contribution is 2.46. The van der Waals surface area contributed by atoms with Crippen molar-refractivity contribution in [2.45, 2.75) is 80.4 Å². The maximum absolute atomic E-state index is 12.0. The minimum absolute atomic E-state index is 0.0626. The number of esters is 1. The molecule has 0 spiro atoms. The fourth-order valence-electron chi connectivity index (χ4n) is 5.40. The van der Waals surface area contributed by atoms with Crippen molar-refractivity contribution in [1.82, 2.24) is 0 Å². The van der Waals surface area contributed by atoms with Gasteiger partial charge in [-0.15, -0.1) is 0 Å². The highest BCUT2D eigenvalue weighted by atomic mass is 16.7. The van der Waals surface area contributed by atoms with Gasteiger partial charge in [0.2, 0.25) is 12.6 Å². The number of aliphatic carboxylic acids is 1. The Balaban J connectivity index is 1.45. The molecule has 268 valence electrons.